The highest BCUT2D eigenvalue weighted by Gasteiger charge is 2.01. The molecule has 2 aromatic carbocycles. The highest BCUT2D eigenvalue weighted by atomic mass is 14.9. The van der Waals surface area contributed by atoms with E-state index in [2.05, 4.69) is 54.7 Å². The van der Waals surface area contributed by atoms with Crippen LogP contribution in [0.1, 0.15) is 12.5 Å². The molecule has 2 aromatic rings. The first kappa shape index (κ1) is 12.1. The van der Waals surface area contributed by atoms with Crippen LogP contribution in [0.5, 0.6) is 0 Å². The van der Waals surface area contributed by atoms with Crippen molar-refractivity contribution in [2.45, 2.75) is 19.4 Å². The Morgan fingerprint density at radius 3 is 2.71 bits per heavy atom. The number of nitrogens with one attached hydrogen (secondary N) is 1. The van der Waals surface area contributed by atoms with Gasteiger partial charge in [0, 0.05) is 12.6 Å². The Hall–Kier alpha value is -1.38. The predicted molar refractivity (Wildman–Crippen MR) is 74.2 cm³/mol. The van der Waals surface area contributed by atoms with Crippen LogP contribution in [0.3, 0.4) is 0 Å². The van der Waals surface area contributed by atoms with Crippen LogP contribution < -0.4 is 11.1 Å². The van der Waals surface area contributed by atoms with E-state index < -0.39 is 0 Å². The van der Waals surface area contributed by atoms with Gasteiger partial charge in [-0.1, -0.05) is 42.5 Å². The molecule has 3 N–H and O–H groups in total. The van der Waals surface area contributed by atoms with Crippen molar-refractivity contribution in [1.82, 2.24) is 5.32 Å². The van der Waals surface area contributed by atoms with Gasteiger partial charge in [0.1, 0.15) is 0 Å². The molecule has 0 saturated carbocycles. The lowest BCUT2D eigenvalue weighted by molar-refractivity contribution is 0.559. The summed E-state index contributed by atoms with van der Waals surface area (Å²) in [6, 6.07) is 15.4. The zero-order valence-corrected chi connectivity index (χ0v) is 10.3. The molecule has 2 nitrogen and oxygen atoms in total. The fourth-order valence-electron chi connectivity index (χ4n) is 2.05. The summed E-state index contributed by atoms with van der Waals surface area (Å²) < 4.78 is 0. The molecule has 0 aliphatic heterocycles. The second-order valence-corrected chi connectivity index (χ2v) is 4.48. The number of nitrogens with two attached hydrogens (primary N) is 1. The molecule has 90 valence electrons. The van der Waals surface area contributed by atoms with Crippen LogP contribution in [0.15, 0.2) is 42.5 Å². The SMILES string of the molecule is C[C@H](CN)NCCc1cccc2ccccc12. The monoisotopic (exact) mass is 228 g/mol. The van der Waals surface area contributed by atoms with Crippen molar-refractivity contribution in [3.8, 4) is 0 Å². The minimum atomic E-state index is 0.393. The van der Waals surface area contributed by atoms with E-state index in [9.17, 15) is 0 Å². The lowest BCUT2D eigenvalue weighted by atomic mass is 10.0. The summed E-state index contributed by atoms with van der Waals surface area (Å²) in [7, 11) is 0. The van der Waals surface area contributed by atoms with E-state index in [1.165, 1.54) is 16.3 Å². The molecule has 0 spiro atoms. The Labute approximate surface area is 103 Å². The third-order valence-electron chi connectivity index (χ3n) is 3.12. The fourth-order valence-corrected chi connectivity index (χ4v) is 2.05. The van der Waals surface area contributed by atoms with E-state index in [4.69, 9.17) is 5.73 Å². The molecule has 0 heterocycles. The molecule has 0 bridgehead atoms. The normalized spacial score (nSPS) is 12.8. The van der Waals surface area contributed by atoms with Crippen LogP contribution in [-0.2, 0) is 6.42 Å². The van der Waals surface area contributed by atoms with Gasteiger partial charge in [0.2, 0.25) is 0 Å². The Morgan fingerprint density at radius 1 is 1.12 bits per heavy atom. The minimum Gasteiger partial charge on any atom is -0.329 e. The van der Waals surface area contributed by atoms with Gasteiger partial charge in [-0.15, -0.1) is 0 Å². The van der Waals surface area contributed by atoms with Crippen molar-refractivity contribution in [2.75, 3.05) is 13.1 Å². The quantitative estimate of drug-likeness (QED) is 0.824. The summed E-state index contributed by atoms with van der Waals surface area (Å²) in [4.78, 5) is 0. The molecule has 1 atom stereocenters. The molecule has 0 radical (unpaired) electrons. The molecule has 0 aromatic heterocycles. The van der Waals surface area contributed by atoms with Gasteiger partial charge in [-0.25, -0.2) is 0 Å². The topological polar surface area (TPSA) is 38.0 Å². The smallest absolute Gasteiger partial charge is 0.0162 e. The zero-order chi connectivity index (χ0) is 12.1. The van der Waals surface area contributed by atoms with Crippen LogP contribution in [0, 0.1) is 0 Å². The Bertz CT molecular complexity index is 474. The maximum atomic E-state index is 5.58. The molecule has 0 amide bonds. The van der Waals surface area contributed by atoms with Gasteiger partial charge < -0.3 is 11.1 Å². The van der Waals surface area contributed by atoms with Gasteiger partial charge in [-0.3, -0.25) is 0 Å². The molecular formula is C15H20N2. The number of rotatable bonds is 5. The van der Waals surface area contributed by atoms with Crippen LogP contribution in [0.2, 0.25) is 0 Å². The van der Waals surface area contributed by atoms with Gasteiger partial charge in [0.05, 0.1) is 0 Å². The number of fused-ring (bicyclic) bond motifs is 1. The largest absolute Gasteiger partial charge is 0.329 e. The van der Waals surface area contributed by atoms with Gasteiger partial charge in [0.25, 0.3) is 0 Å². The molecule has 0 unspecified atom stereocenters. The van der Waals surface area contributed by atoms with Gasteiger partial charge >= 0.3 is 0 Å². The lowest BCUT2D eigenvalue weighted by Gasteiger charge is -2.12. The molecule has 0 aliphatic carbocycles. The Morgan fingerprint density at radius 2 is 1.88 bits per heavy atom. The lowest BCUT2D eigenvalue weighted by Crippen LogP contribution is -2.34. The molecule has 2 heteroatoms. The van der Waals surface area contributed by atoms with Crippen molar-refractivity contribution in [3.05, 3.63) is 48.0 Å². The van der Waals surface area contributed by atoms with Crippen LogP contribution in [0.4, 0.5) is 0 Å². The summed E-state index contributed by atoms with van der Waals surface area (Å²) in [5, 5.41) is 6.10. The summed E-state index contributed by atoms with van der Waals surface area (Å²) in [5.41, 5.74) is 6.98. The van der Waals surface area contributed by atoms with Crippen LogP contribution in [-0.4, -0.2) is 19.1 Å². The maximum absolute atomic E-state index is 5.58. The van der Waals surface area contributed by atoms with E-state index >= 15 is 0 Å². The van der Waals surface area contributed by atoms with E-state index in [0.717, 1.165) is 13.0 Å². The van der Waals surface area contributed by atoms with Crippen molar-refractivity contribution in [3.63, 3.8) is 0 Å². The van der Waals surface area contributed by atoms with Crippen LogP contribution >= 0.6 is 0 Å². The standard InChI is InChI=1S/C15H20N2/c1-12(11-16)17-10-9-14-7-4-6-13-5-2-3-8-15(13)14/h2-8,12,17H,9-11,16H2,1H3/t12-/m1/s1. The summed E-state index contributed by atoms with van der Waals surface area (Å²) >= 11 is 0. The fraction of sp³-hybridized carbons (Fsp3) is 0.333. The van der Waals surface area contributed by atoms with Crippen molar-refractivity contribution in [2.24, 2.45) is 5.73 Å². The molecule has 0 saturated heterocycles. The number of benzene rings is 2. The summed E-state index contributed by atoms with van der Waals surface area (Å²) in [6.45, 7) is 3.78. The predicted octanol–water partition coefficient (Wildman–Crippen LogP) is 2.32. The molecular weight excluding hydrogens is 208 g/mol. The first-order valence-electron chi connectivity index (χ1n) is 6.21. The Balaban J connectivity index is 2.08. The highest BCUT2D eigenvalue weighted by molar-refractivity contribution is 5.85. The average Bonchev–Trinajstić information content (AvgIpc) is 2.39. The van der Waals surface area contributed by atoms with E-state index in [0.29, 0.717) is 12.6 Å². The second kappa shape index (κ2) is 5.80. The van der Waals surface area contributed by atoms with Crippen molar-refractivity contribution in [1.29, 1.82) is 0 Å². The Kier molecular flexibility index (Phi) is 4.13. The molecule has 0 fully saturated rings. The zero-order valence-electron chi connectivity index (χ0n) is 10.3. The third-order valence-corrected chi connectivity index (χ3v) is 3.12. The summed E-state index contributed by atoms with van der Waals surface area (Å²) in [5.74, 6) is 0. The van der Waals surface area contributed by atoms with E-state index in [1.54, 1.807) is 0 Å². The van der Waals surface area contributed by atoms with E-state index in [-0.39, 0.29) is 0 Å². The van der Waals surface area contributed by atoms with Gasteiger partial charge in [-0.2, -0.15) is 0 Å². The highest BCUT2D eigenvalue weighted by Crippen LogP contribution is 2.18. The van der Waals surface area contributed by atoms with Crippen molar-refractivity contribution >= 4 is 10.8 Å². The second-order valence-electron chi connectivity index (χ2n) is 4.48. The van der Waals surface area contributed by atoms with Gasteiger partial charge in [-0.05, 0) is 36.2 Å². The first-order valence-corrected chi connectivity index (χ1v) is 6.21. The van der Waals surface area contributed by atoms with Crippen molar-refractivity contribution < 1.29 is 0 Å². The third kappa shape index (κ3) is 3.05. The van der Waals surface area contributed by atoms with E-state index in [1.807, 2.05) is 0 Å². The molecule has 2 rings (SSSR count). The number of hydrogen-bond acceptors (Lipinski definition) is 2. The minimum absolute atomic E-state index is 0.393. The first-order chi connectivity index (χ1) is 8.31. The van der Waals surface area contributed by atoms with Crippen LogP contribution in [0.25, 0.3) is 10.8 Å². The summed E-state index contributed by atoms with van der Waals surface area (Å²) in [6.07, 6.45) is 1.05. The molecule has 0 aliphatic rings. The molecule has 17 heavy (non-hydrogen) atoms. The maximum Gasteiger partial charge on any atom is 0.0162 e. The number of hydrogen-bond donors (Lipinski definition) is 2. The van der Waals surface area contributed by atoms with Gasteiger partial charge in [0.15, 0.2) is 0 Å². The average molecular weight is 228 g/mol.